The molecule has 1 N–H and O–H groups in total. The Morgan fingerprint density at radius 2 is 2.10 bits per heavy atom. The molecule has 0 amide bonds. The van der Waals surface area contributed by atoms with Crippen LogP contribution in [0.25, 0.3) is 0 Å². The minimum Gasteiger partial charge on any atom is -0.486 e. The summed E-state index contributed by atoms with van der Waals surface area (Å²) in [5.41, 5.74) is 1.98. The van der Waals surface area contributed by atoms with Crippen LogP contribution in [0.1, 0.15) is 30.1 Å². The molecule has 0 aliphatic heterocycles. The van der Waals surface area contributed by atoms with Crippen LogP contribution < -0.4 is 10.1 Å². The van der Waals surface area contributed by atoms with Gasteiger partial charge in [-0.25, -0.2) is 0 Å². The number of thiophene rings is 1. The molecule has 5 heteroatoms. The van der Waals surface area contributed by atoms with Crippen LogP contribution in [0.15, 0.2) is 28.1 Å². The molecule has 3 nitrogen and oxygen atoms in total. The van der Waals surface area contributed by atoms with E-state index in [4.69, 9.17) is 4.74 Å². The fourth-order valence-corrected chi connectivity index (χ4v) is 3.13. The summed E-state index contributed by atoms with van der Waals surface area (Å²) in [5, 5.41) is 3.38. The zero-order valence-electron chi connectivity index (χ0n) is 11.9. The monoisotopic (exact) mass is 354 g/mol. The maximum absolute atomic E-state index is 5.91. The van der Waals surface area contributed by atoms with E-state index >= 15 is 0 Å². The second-order valence-electron chi connectivity index (χ2n) is 4.93. The van der Waals surface area contributed by atoms with Gasteiger partial charge in [0.25, 0.3) is 0 Å². The molecule has 2 rings (SSSR count). The van der Waals surface area contributed by atoms with Crippen molar-refractivity contribution in [2.24, 2.45) is 0 Å². The number of halogens is 1. The van der Waals surface area contributed by atoms with Gasteiger partial charge in [-0.2, -0.15) is 0 Å². The highest BCUT2D eigenvalue weighted by molar-refractivity contribution is 9.11. The SMILES string of the molecule is Cc1ccc(OCc2ccc(Br)s2)c(CNC(C)C)n1. The molecule has 20 heavy (non-hydrogen) atoms. The third kappa shape index (κ3) is 4.58. The number of pyridine rings is 1. The lowest BCUT2D eigenvalue weighted by molar-refractivity contribution is 0.303. The van der Waals surface area contributed by atoms with Crippen molar-refractivity contribution < 1.29 is 4.74 Å². The maximum Gasteiger partial charge on any atom is 0.142 e. The first-order chi connectivity index (χ1) is 9.54. The van der Waals surface area contributed by atoms with Crippen LogP contribution in [0.4, 0.5) is 0 Å². The van der Waals surface area contributed by atoms with Gasteiger partial charge in [-0.15, -0.1) is 11.3 Å². The van der Waals surface area contributed by atoms with Crippen molar-refractivity contribution >= 4 is 27.3 Å². The molecule has 0 atom stereocenters. The third-order valence-corrected chi connectivity index (χ3v) is 4.35. The average Bonchev–Trinajstić information content (AvgIpc) is 2.81. The summed E-state index contributed by atoms with van der Waals surface area (Å²) in [6.07, 6.45) is 0. The number of nitrogens with zero attached hydrogens (tertiary/aromatic N) is 1. The highest BCUT2D eigenvalue weighted by Gasteiger charge is 2.08. The van der Waals surface area contributed by atoms with Crippen LogP contribution in [-0.2, 0) is 13.2 Å². The van der Waals surface area contributed by atoms with Crippen molar-refractivity contribution in [1.82, 2.24) is 10.3 Å². The molecule has 0 radical (unpaired) electrons. The first-order valence-electron chi connectivity index (χ1n) is 6.61. The number of hydrogen-bond donors (Lipinski definition) is 1. The second-order valence-corrected chi connectivity index (χ2v) is 7.48. The van der Waals surface area contributed by atoms with E-state index in [-0.39, 0.29) is 0 Å². The smallest absolute Gasteiger partial charge is 0.142 e. The topological polar surface area (TPSA) is 34.1 Å². The largest absolute Gasteiger partial charge is 0.486 e. The van der Waals surface area contributed by atoms with Gasteiger partial charge < -0.3 is 10.1 Å². The minimum absolute atomic E-state index is 0.429. The Labute approximate surface area is 132 Å². The predicted octanol–water partition coefficient (Wildman–Crippen LogP) is 4.29. The molecule has 0 unspecified atom stereocenters. The maximum atomic E-state index is 5.91. The number of aryl methyl sites for hydroxylation is 1. The minimum atomic E-state index is 0.429. The van der Waals surface area contributed by atoms with Gasteiger partial charge in [0.15, 0.2) is 0 Å². The summed E-state index contributed by atoms with van der Waals surface area (Å²) in [6.45, 7) is 7.55. The first-order valence-corrected chi connectivity index (χ1v) is 8.22. The quantitative estimate of drug-likeness (QED) is 0.839. The summed E-state index contributed by atoms with van der Waals surface area (Å²) in [5.74, 6) is 0.855. The molecule has 2 aromatic rings. The van der Waals surface area contributed by atoms with Gasteiger partial charge in [0, 0.05) is 23.2 Å². The molecule has 2 heterocycles. The normalized spacial score (nSPS) is 11.1. The lowest BCUT2D eigenvalue weighted by Gasteiger charge is -2.13. The first kappa shape index (κ1) is 15.5. The summed E-state index contributed by atoms with van der Waals surface area (Å²) in [7, 11) is 0. The summed E-state index contributed by atoms with van der Waals surface area (Å²) < 4.78 is 7.04. The molecule has 0 aliphatic rings. The molecule has 2 aromatic heterocycles. The fourth-order valence-electron chi connectivity index (χ4n) is 1.73. The van der Waals surface area contributed by atoms with E-state index in [9.17, 15) is 0 Å². The van der Waals surface area contributed by atoms with Gasteiger partial charge >= 0.3 is 0 Å². The van der Waals surface area contributed by atoms with Crippen LogP contribution in [-0.4, -0.2) is 11.0 Å². The van der Waals surface area contributed by atoms with Crippen LogP contribution in [0.3, 0.4) is 0 Å². The molecule has 108 valence electrons. The highest BCUT2D eigenvalue weighted by atomic mass is 79.9. The predicted molar refractivity (Wildman–Crippen MR) is 87.3 cm³/mol. The third-order valence-electron chi connectivity index (χ3n) is 2.75. The highest BCUT2D eigenvalue weighted by Crippen LogP contribution is 2.24. The Morgan fingerprint density at radius 3 is 2.75 bits per heavy atom. The second kappa shape index (κ2) is 7.20. The van der Waals surface area contributed by atoms with E-state index in [1.54, 1.807) is 11.3 Å². The van der Waals surface area contributed by atoms with Gasteiger partial charge in [0.05, 0.1) is 9.48 Å². The number of ether oxygens (including phenoxy) is 1. The van der Waals surface area contributed by atoms with Crippen molar-refractivity contribution in [3.05, 3.63) is 44.3 Å². The number of hydrogen-bond acceptors (Lipinski definition) is 4. The van der Waals surface area contributed by atoms with Gasteiger partial charge in [0.2, 0.25) is 0 Å². The zero-order valence-corrected chi connectivity index (χ0v) is 14.3. The van der Waals surface area contributed by atoms with E-state index in [0.717, 1.165) is 27.5 Å². The van der Waals surface area contributed by atoms with Gasteiger partial charge in [-0.1, -0.05) is 13.8 Å². The van der Waals surface area contributed by atoms with Crippen molar-refractivity contribution in [3.63, 3.8) is 0 Å². The molecule has 0 saturated heterocycles. The molecule has 0 aromatic carbocycles. The summed E-state index contributed by atoms with van der Waals surface area (Å²) >= 11 is 5.15. The van der Waals surface area contributed by atoms with Crippen LogP contribution in [0.5, 0.6) is 5.75 Å². The standard InChI is InChI=1S/C15H19BrN2OS/c1-10(2)17-8-13-14(6-4-11(3)18-13)19-9-12-5-7-15(16)20-12/h4-7,10,17H,8-9H2,1-3H3. The molecule has 0 bridgehead atoms. The number of nitrogens with one attached hydrogen (secondary N) is 1. The summed E-state index contributed by atoms with van der Waals surface area (Å²) in [4.78, 5) is 5.76. The fraction of sp³-hybridized carbons (Fsp3) is 0.400. The van der Waals surface area contributed by atoms with Gasteiger partial charge in [-0.05, 0) is 47.1 Å². The lowest BCUT2D eigenvalue weighted by atomic mass is 10.2. The van der Waals surface area contributed by atoms with E-state index in [2.05, 4.69) is 46.1 Å². The van der Waals surface area contributed by atoms with E-state index < -0.39 is 0 Å². The summed E-state index contributed by atoms with van der Waals surface area (Å²) in [6, 6.07) is 8.53. The van der Waals surface area contributed by atoms with Crippen molar-refractivity contribution in [1.29, 1.82) is 0 Å². The van der Waals surface area contributed by atoms with Crippen molar-refractivity contribution in [2.75, 3.05) is 0 Å². The van der Waals surface area contributed by atoms with Crippen LogP contribution in [0.2, 0.25) is 0 Å². The van der Waals surface area contributed by atoms with Gasteiger partial charge in [0.1, 0.15) is 12.4 Å². The molecular formula is C15H19BrN2OS. The Bertz CT molecular complexity index is 569. The Hall–Kier alpha value is -0.910. The van der Waals surface area contributed by atoms with Crippen LogP contribution >= 0.6 is 27.3 Å². The molecule has 0 spiro atoms. The number of rotatable bonds is 6. The molecule has 0 fully saturated rings. The number of aromatic nitrogens is 1. The van der Waals surface area contributed by atoms with E-state index in [1.165, 1.54) is 4.88 Å². The van der Waals surface area contributed by atoms with Crippen molar-refractivity contribution in [3.8, 4) is 5.75 Å². The average molecular weight is 355 g/mol. The Morgan fingerprint density at radius 1 is 1.30 bits per heavy atom. The molecular weight excluding hydrogens is 336 g/mol. The molecule has 0 saturated carbocycles. The van der Waals surface area contributed by atoms with E-state index in [0.29, 0.717) is 12.6 Å². The molecule has 0 aliphatic carbocycles. The Kier molecular flexibility index (Phi) is 5.57. The Balaban J connectivity index is 2.05. The zero-order chi connectivity index (χ0) is 14.5. The lowest BCUT2D eigenvalue weighted by Crippen LogP contribution is -2.23. The van der Waals surface area contributed by atoms with E-state index in [1.807, 2.05) is 25.1 Å². The van der Waals surface area contributed by atoms with Crippen molar-refractivity contribution in [2.45, 2.75) is 40.0 Å². The van der Waals surface area contributed by atoms with Gasteiger partial charge in [-0.3, -0.25) is 4.98 Å². The van der Waals surface area contributed by atoms with Crippen LogP contribution in [0, 0.1) is 6.92 Å².